The summed E-state index contributed by atoms with van der Waals surface area (Å²) in [6, 6.07) is 0. The maximum Gasteiger partial charge on any atom is 0.0655 e. The highest BCUT2D eigenvalue weighted by molar-refractivity contribution is 6.08. The second-order valence-electron chi connectivity index (χ2n) is 10.1. The van der Waals surface area contributed by atoms with E-state index in [2.05, 4.69) is 74.1 Å². The predicted octanol–water partition coefficient (Wildman–Crippen LogP) is 8.47. The fraction of sp³-hybridized carbons (Fsp3) is 0.700. The molecule has 2 unspecified atom stereocenters. The summed E-state index contributed by atoms with van der Waals surface area (Å²) in [6.07, 6.45) is 13.9. The Bertz CT molecular complexity index is 694. The van der Waals surface area contributed by atoms with Crippen LogP contribution in [0.15, 0.2) is 52.2 Å². The van der Waals surface area contributed by atoms with Gasteiger partial charge in [-0.25, -0.2) is 0 Å². The van der Waals surface area contributed by atoms with Crippen molar-refractivity contribution < 1.29 is 9.84 Å². The molecule has 0 heterocycles. The molecule has 0 fully saturated rings. The molecule has 190 valence electrons. The van der Waals surface area contributed by atoms with Crippen LogP contribution in [0.3, 0.4) is 0 Å². The fourth-order valence-electron chi connectivity index (χ4n) is 3.94. The monoisotopic (exact) mass is 459 g/mol. The lowest BCUT2D eigenvalue weighted by Gasteiger charge is -2.26. The summed E-state index contributed by atoms with van der Waals surface area (Å²) in [5.41, 5.74) is 6.17. The number of aliphatic hydroxyl groups excluding tert-OH is 1. The number of allylic oxidation sites excluding steroid dienone is 7. The van der Waals surface area contributed by atoms with E-state index in [1.54, 1.807) is 7.11 Å². The van der Waals surface area contributed by atoms with Crippen LogP contribution in [-0.2, 0) is 4.74 Å². The van der Waals surface area contributed by atoms with Crippen molar-refractivity contribution in [1.82, 2.24) is 0 Å². The standard InChI is InChI=1S/C30H53NO2/c1-11-16-28(18-14-17-23(4)24(5)22-32)29(13-3)31-26(7)27(12-2)21-25(6)30(8,9)19-15-20-33-10/h13,16,21,23-24,32H,3,11-12,14-15,17-20,22H2,1-2,4-10H3/b25-21+,27-26+,28-16+,31-29+. The highest BCUT2D eigenvalue weighted by Gasteiger charge is 2.20. The normalized spacial score (nSPS) is 16.5. The number of rotatable bonds is 17. The maximum absolute atomic E-state index is 9.41. The van der Waals surface area contributed by atoms with Crippen LogP contribution >= 0.6 is 0 Å². The number of hydrogen-bond acceptors (Lipinski definition) is 3. The molecule has 3 heteroatoms. The first-order valence-corrected chi connectivity index (χ1v) is 13.0. The summed E-state index contributed by atoms with van der Waals surface area (Å²) in [5.74, 6) is 0.873. The summed E-state index contributed by atoms with van der Waals surface area (Å²) in [6.45, 7) is 22.9. The van der Waals surface area contributed by atoms with Crippen molar-refractivity contribution in [3.05, 3.63) is 47.2 Å². The quantitative estimate of drug-likeness (QED) is 0.135. The zero-order valence-corrected chi connectivity index (χ0v) is 23.3. The number of ether oxygens (including phenoxy) is 1. The number of hydrogen-bond donors (Lipinski definition) is 1. The Morgan fingerprint density at radius 1 is 1.12 bits per heavy atom. The van der Waals surface area contributed by atoms with Gasteiger partial charge in [0.1, 0.15) is 0 Å². The van der Waals surface area contributed by atoms with Gasteiger partial charge in [0.15, 0.2) is 0 Å². The Kier molecular flexibility index (Phi) is 16.3. The van der Waals surface area contributed by atoms with Crippen LogP contribution in [0.25, 0.3) is 0 Å². The van der Waals surface area contributed by atoms with Crippen LogP contribution < -0.4 is 0 Å². The first-order chi connectivity index (χ1) is 15.6. The topological polar surface area (TPSA) is 41.8 Å². The van der Waals surface area contributed by atoms with Gasteiger partial charge in [-0.05, 0) is 86.8 Å². The summed E-state index contributed by atoms with van der Waals surface area (Å²) < 4.78 is 5.24. The van der Waals surface area contributed by atoms with Gasteiger partial charge in [-0.3, -0.25) is 4.99 Å². The third kappa shape index (κ3) is 12.0. The van der Waals surface area contributed by atoms with Gasteiger partial charge < -0.3 is 9.84 Å². The van der Waals surface area contributed by atoms with Gasteiger partial charge >= 0.3 is 0 Å². The van der Waals surface area contributed by atoms with Gasteiger partial charge in [-0.1, -0.05) is 72.3 Å². The molecule has 0 amide bonds. The Morgan fingerprint density at radius 3 is 2.30 bits per heavy atom. The third-order valence-electron chi connectivity index (χ3n) is 7.08. The van der Waals surface area contributed by atoms with E-state index >= 15 is 0 Å². The minimum absolute atomic E-state index is 0.139. The van der Waals surface area contributed by atoms with E-state index in [-0.39, 0.29) is 12.0 Å². The molecule has 2 atom stereocenters. The lowest BCUT2D eigenvalue weighted by Crippen LogP contribution is -2.14. The minimum Gasteiger partial charge on any atom is -0.396 e. The Hall–Kier alpha value is -1.45. The molecule has 0 aromatic heterocycles. The van der Waals surface area contributed by atoms with Gasteiger partial charge in [-0.2, -0.15) is 0 Å². The number of aliphatic hydroxyl groups is 1. The van der Waals surface area contributed by atoms with E-state index in [9.17, 15) is 5.11 Å². The highest BCUT2D eigenvalue weighted by Crippen LogP contribution is 2.33. The van der Waals surface area contributed by atoms with Crippen molar-refractivity contribution in [3.63, 3.8) is 0 Å². The molecule has 0 aliphatic heterocycles. The molecule has 0 aromatic carbocycles. The van der Waals surface area contributed by atoms with Gasteiger partial charge in [0.05, 0.1) is 5.71 Å². The molecule has 0 spiro atoms. The third-order valence-corrected chi connectivity index (χ3v) is 7.08. The molecule has 0 radical (unpaired) electrons. The van der Waals surface area contributed by atoms with Crippen LogP contribution in [0.1, 0.15) is 100 Å². The van der Waals surface area contributed by atoms with Gasteiger partial charge in [-0.15, -0.1) is 0 Å². The molecule has 0 rings (SSSR count). The molecular formula is C30H53NO2. The average Bonchev–Trinajstić information content (AvgIpc) is 2.79. The number of nitrogens with zero attached hydrogens (tertiary/aromatic N) is 1. The Morgan fingerprint density at radius 2 is 1.79 bits per heavy atom. The smallest absolute Gasteiger partial charge is 0.0655 e. The van der Waals surface area contributed by atoms with Crippen molar-refractivity contribution in [2.45, 2.75) is 100 Å². The average molecular weight is 460 g/mol. The molecule has 33 heavy (non-hydrogen) atoms. The zero-order chi connectivity index (χ0) is 25.4. The van der Waals surface area contributed by atoms with Crippen molar-refractivity contribution in [2.24, 2.45) is 22.2 Å². The molecule has 0 bridgehead atoms. The van der Waals surface area contributed by atoms with E-state index in [1.165, 1.54) is 16.7 Å². The summed E-state index contributed by atoms with van der Waals surface area (Å²) in [5, 5.41) is 9.41. The molecule has 0 aliphatic carbocycles. The van der Waals surface area contributed by atoms with E-state index in [0.717, 1.165) is 63.0 Å². The largest absolute Gasteiger partial charge is 0.396 e. The Labute approximate surface area is 205 Å². The molecule has 0 aliphatic rings. The summed E-state index contributed by atoms with van der Waals surface area (Å²) in [4.78, 5) is 5.05. The Balaban J connectivity index is 5.70. The van der Waals surface area contributed by atoms with Crippen LogP contribution in [0.2, 0.25) is 0 Å². The number of methoxy groups -OCH3 is 1. The van der Waals surface area contributed by atoms with Crippen molar-refractivity contribution in [2.75, 3.05) is 20.3 Å². The second-order valence-corrected chi connectivity index (χ2v) is 10.1. The van der Waals surface area contributed by atoms with Crippen molar-refractivity contribution >= 4 is 5.71 Å². The van der Waals surface area contributed by atoms with Gasteiger partial charge in [0.25, 0.3) is 0 Å². The highest BCUT2D eigenvalue weighted by atomic mass is 16.5. The molecule has 0 saturated heterocycles. The first-order valence-electron chi connectivity index (χ1n) is 13.0. The fourth-order valence-corrected chi connectivity index (χ4v) is 3.94. The minimum atomic E-state index is 0.139. The van der Waals surface area contributed by atoms with Crippen LogP contribution in [0.4, 0.5) is 0 Å². The van der Waals surface area contributed by atoms with Crippen molar-refractivity contribution in [1.29, 1.82) is 0 Å². The van der Waals surface area contributed by atoms with Gasteiger partial charge in [0.2, 0.25) is 0 Å². The molecule has 3 nitrogen and oxygen atoms in total. The summed E-state index contributed by atoms with van der Waals surface area (Å²) >= 11 is 0. The molecule has 0 saturated carbocycles. The van der Waals surface area contributed by atoms with E-state index in [0.29, 0.717) is 11.8 Å². The van der Waals surface area contributed by atoms with E-state index in [4.69, 9.17) is 9.73 Å². The summed E-state index contributed by atoms with van der Waals surface area (Å²) in [7, 11) is 1.77. The molecule has 1 N–H and O–H groups in total. The van der Waals surface area contributed by atoms with Gasteiger partial charge in [0, 0.05) is 26.0 Å². The first kappa shape index (κ1) is 31.6. The molecule has 0 aromatic rings. The van der Waals surface area contributed by atoms with E-state index < -0.39 is 0 Å². The maximum atomic E-state index is 9.41. The second kappa shape index (κ2) is 17.1. The van der Waals surface area contributed by atoms with Crippen LogP contribution in [0, 0.1) is 17.3 Å². The SMILES string of the molecule is C=CC(=N\C(C)=C(\C=C(/C)C(C)(C)CCCOC)CC)/C(=C/CC)CCCC(C)C(C)CO. The number of aliphatic imine (C=N–C) groups is 1. The zero-order valence-electron chi connectivity index (χ0n) is 23.3. The predicted molar refractivity (Wildman–Crippen MR) is 147 cm³/mol. The lowest BCUT2D eigenvalue weighted by molar-refractivity contribution is 0.181. The van der Waals surface area contributed by atoms with Crippen LogP contribution in [0.5, 0.6) is 0 Å². The van der Waals surface area contributed by atoms with E-state index in [1.807, 2.05) is 6.08 Å². The lowest BCUT2D eigenvalue weighted by atomic mass is 9.80. The molecular weight excluding hydrogens is 406 g/mol. The van der Waals surface area contributed by atoms with Crippen molar-refractivity contribution in [3.8, 4) is 0 Å². The van der Waals surface area contributed by atoms with Crippen LogP contribution in [-0.4, -0.2) is 31.1 Å².